The first-order valence-electron chi connectivity index (χ1n) is 7.32. The van der Waals surface area contributed by atoms with Crippen LogP contribution in [0.1, 0.15) is 44.7 Å². The molecule has 0 aliphatic carbocycles. The first-order valence-corrected chi connectivity index (χ1v) is 7.70. The highest BCUT2D eigenvalue weighted by atomic mass is 35.5. The molecule has 0 saturated heterocycles. The minimum absolute atomic E-state index is 0.353. The van der Waals surface area contributed by atoms with Crippen molar-refractivity contribution in [2.75, 3.05) is 26.7 Å². The molecule has 0 saturated carbocycles. The molecule has 0 heterocycles. The van der Waals surface area contributed by atoms with Crippen LogP contribution in [0.3, 0.4) is 0 Å². The van der Waals surface area contributed by atoms with Gasteiger partial charge in [-0.05, 0) is 38.6 Å². The van der Waals surface area contributed by atoms with Gasteiger partial charge in [-0.15, -0.1) is 0 Å². The number of hydrogen-bond donors (Lipinski definition) is 1. The Balaban J connectivity index is 2.29. The van der Waals surface area contributed by atoms with Crippen LogP contribution in [-0.2, 0) is 0 Å². The molecule has 3 heteroatoms. The van der Waals surface area contributed by atoms with Gasteiger partial charge in [0.1, 0.15) is 0 Å². The van der Waals surface area contributed by atoms with E-state index in [2.05, 4.69) is 43.2 Å². The molecule has 0 bridgehead atoms. The SMILES string of the molecule is CCCCCNCCN(C)C(C)c1ccccc1Cl. The molecule has 1 unspecified atom stereocenters. The molecule has 1 aromatic rings. The van der Waals surface area contributed by atoms with Gasteiger partial charge in [0.15, 0.2) is 0 Å². The summed E-state index contributed by atoms with van der Waals surface area (Å²) in [5.74, 6) is 0. The monoisotopic (exact) mass is 282 g/mol. The van der Waals surface area contributed by atoms with Crippen LogP contribution in [0.4, 0.5) is 0 Å². The third-order valence-corrected chi connectivity index (χ3v) is 3.96. The van der Waals surface area contributed by atoms with Crippen LogP contribution in [-0.4, -0.2) is 31.6 Å². The van der Waals surface area contributed by atoms with E-state index in [9.17, 15) is 0 Å². The number of nitrogens with zero attached hydrogens (tertiary/aromatic N) is 1. The lowest BCUT2D eigenvalue weighted by molar-refractivity contribution is 0.261. The summed E-state index contributed by atoms with van der Waals surface area (Å²) in [6.07, 6.45) is 3.88. The van der Waals surface area contributed by atoms with E-state index >= 15 is 0 Å². The third kappa shape index (κ3) is 5.94. The number of likely N-dealkylation sites (N-methyl/N-ethyl adjacent to an activating group) is 1. The van der Waals surface area contributed by atoms with Crippen LogP contribution in [0.5, 0.6) is 0 Å². The molecular formula is C16H27ClN2. The highest BCUT2D eigenvalue weighted by Gasteiger charge is 2.13. The van der Waals surface area contributed by atoms with Crippen molar-refractivity contribution in [3.8, 4) is 0 Å². The fraction of sp³-hybridized carbons (Fsp3) is 0.625. The number of nitrogens with one attached hydrogen (secondary N) is 1. The molecule has 19 heavy (non-hydrogen) atoms. The second-order valence-electron chi connectivity index (χ2n) is 5.14. The lowest BCUT2D eigenvalue weighted by Crippen LogP contribution is -2.31. The summed E-state index contributed by atoms with van der Waals surface area (Å²) in [5, 5.41) is 4.36. The zero-order chi connectivity index (χ0) is 14.1. The van der Waals surface area contributed by atoms with Crippen molar-refractivity contribution in [2.45, 2.75) is 39.2 Å². The molecule has 0 spiro atoms. The molecule has 1 rings (SSSR count). The van der Waals surface area contributed by atoms with Crippen molar-refractivity contribution in [1.29, 1.82) is 0 Å². The lowest BCUT2D eigenvalue weighted by Gasteiger charge is -2.26. The Hall–Kier alpha value is -0.570. The fourth-order valence-corrected chi connectivity index (χ4v) is 2.42. The van der Waals surface area contributed by atoms with E-state index in [4.69, 9.17) is 11.6 Å². The van der Waals surface area contributed by atoms with Gasteiger partial charge >= 0.3 is 0 Å². The maximum atomic E-state index is 6.24. The molecule has 0 amide bonds. The maximum absolute atomic E-state index is 6.24. The molecule has 0 aliphatic rings. The Morgan fingerprint density at radius 1 is 1.21 bits per heavy atom. The summed E-state index contributed by atoms with van der Waals surface area (Å²) in [6, 6.07) is 8.45. The summed E-state index contributed by atoms with van der Waals surface area (Å²) < 4.78 is 0. The van der Waals surface area contributed by atoms with Gasteiger partial charge in [-0.25, -0.2) is 0 Å². The predicted molar refractivity (Wildman–Crippen MR) is 84.9 cm³/mol. The number of benzene rings is 1. The molecular weight excluding hydrogens is 256 g/mol. The summed E-state index contributed by atoms with van der Waals surface area (Å²) in [4.78, 5) is 2.34. The van der Waals surface area contributed by atoms with Gasteiger partial charge in [0.2, 0.25) is 0 Å². The first kappa shape index (κ1) is 16.5. The van der Waals surface area contributed by atoms with E-state index in [-0.39, 0.29) is 0 Å². The predicted octanol–water partition coefficient (Wildman–Crippen LogP) is 4.11. The Bertz CT molecular complexity index is 354. The van der Waals surface area contributed by atoms with Crippen LogP contribution in [0.25, 0.3) is 0 Å². The van der Waals surface area contributed by atoms with Gasteiger partial charge < -0.3 is 5.32 Å². The number of rotatable bonds is 9. The molecule has 0 radical (unpaired) electrons. The van der Waals surface area contributed by atoms with Crippen molar-refractivity contribution in [3.05, 3.63) is 34.9 Å². The molecule has 1 N–H and O–H groups in total. The van der Waals surface area contributed by atoms with E-state index in [1.165, 1.54) is 24.8 Å². The van der Waals surface area contributed by atoms with Crippen LogP contribution in [0, 0.1) is 0 Å². The molecule has 0 fully saturated rings. The van der Waals surface area contributed by atoms with Crippen molar-refractivity contribution in [3.63, 3.8) is 0 Å². The summed E-state index contributed by atoms with van der Waals surface area (Å²) >= 11 is 6.24. The van der Waals surface area contributed by atoms with Gasteiger partial charge in [-0.1, -0.05) is 49.6 Å². The van der Waals surface area contributed by atoms with E-state index in [1.54, 1.807) is 0 Å². The van der Waals surface area contributed by atoms with E-state index in [0.29, 0.717) is 6.04 Å². The van der Waals surface area contributed by atoms with Gasteiger partial charge in [-0.2, -0.15) is 0 Å². The smallest absolute Gasteiger partial charge is 0.0453 e. The minimum atomic E-state index is 0.353. The Labute approximate surface area is 123 Å². The highest BCUT2D eigenvalue weighted by molar-refractivity contribution is 6.31. The number of unbranched alkanes of at least 4 members (excludes halogenated alkanes) is 2. The third-order valence-electron chi connectivity index (χ3n) is 3.61. The van der Waals surface area contributed by atoms with Gasteiger partial charge in [0.25, 0.3) is 0 Å². The zero-order valence-electron chi connectivity index (χ0n) is 12.5. The normalized spacial score (nSPS) is 12.9. The average molecular weight is 283 g/mol. The van der Waals surface area contributed by atoms with Crippen molar-refractivity contribution in [2.24, 2.45) is 0 Å². The summed E-state index contributed by atoms with van der Waals surface area (Å²) in [7, 11) is 2.15. The van der Waals surface area contributed by atoms with Crippen molar-refractivity contribution < 1.29 is 0 Å². The van der Waals surface area contributed by atoms with Crippen molar-refractivity contribution in [1.82, 2.24) is 10.2 Å². The summed E-state index contributed by atoms with van der Waals surface area (Å²) in [5.41, 5.74) is 1.21. The lowest BCUT2D eigenvalue weighted by atomic mass is 10.1. The van der Waals surface area contributed by atoms with Crippen LogP contribution < -0.4 is 5.32 Å². The zero-order valence-corrected chi connectivity index (χ0v) is 13.2. The van der Waals surface area contributed by atoms with E-state index in [0.717, 1.165) is 24.7 Å². The highest BCUT2D eigenvalue weighted by Crippen LogP contribution is 2.25. The van der Waals surface area contributed by atoms with Crippen LogP contribution in [0.15, 0.2) is 24.3 Å². The van der Waals surface area contributed by atoms with Gasteiger partial charge in [-0.3, -0.25) is 4.90 Å². The second-order valence-corrected chi connectivity index (χ2v) is 5.54. The molecule has 2 nitrogen and oxygen atoms in total. The fourth-order valence-electron chi connectivity index (χ4n) is 2.13. The topological polar surface area (TPSA) is 15.3 Å². The van der Waals surface area contributed by atoms with E-state index < -0.39 is 0 Å². The first-order chi connectivity index (χ1) is 9.16. The van der Waals surface area contributed by atoms with Crippen LogP contribution in [0.2, 0.25) is 5.02 Å². The second kappa shape index (κ2) is 9.35. The number of halogens is 1. The van der Waals surface area contributed by atoms with Gasteiger partial charge in [0, 0.05) is 24.2 Å². The van der Waals surface area contributed by atoms with Crippen molar-refractivity contribution >= 4 is 11.6 Å². The Kier molecular flexibility index (Phi) is 8.11. The summed E-state index contributed by atoms with van der Waals surface area (Å²) in [6.45, 7) is 7.65. The molecule has 1 atom stereocenters. The molecule has 0 aromatic heterocycles. The average Bonchev–Trinajstić information content (AvgIpc) is 2.42. The quantitative estimate of drug-likeness (QED) is 0.686. The molecule has 0 aliphatic heterocycles. The van der Waals surface area contributed by atoms with Gasteiger partial charge in [0.05, 0.1) is 0 Å². The van der Waals surface area contributed by atoms with E-state index in [1.807, 2.05) is 12.1 Å². The number of hydrogen-bond acceptors (Lipinski definition) is 2. The molecule has 1 aromatic carbocycles. The minimum Gasteiger partial charge on any atom is -0.315 e. The Morgan fingerprint density at radius 3 is 2.63 bits per heavy atom. The molecule has 108 valence electrons. The van der Waals surface area contributed by atoms with Crippen LogP contribution >= 0.6 is 11.6 Å². The maximum Gasteiger partial charge on any atom is 0.0453 e. The largest absolute Gasteiger partial charge is 0.315 e. The standard InChI is InChI=1S/C16H27ClN2/c1-4-5-8-11-18-12-13-19(3)14(2)15-9-6-7-10-16(15)17/h6-7,9-10,14,18H,4-5,8,11-13H2,1-3H3. The Morgan fingerprint density at radius 2 is 1.95 bits per heavy atom.